The lowest BCUT2D eigenvalue weighted by atomic mass is 10.0. The zero-order valence-corrected chi connectivity index (χ0v) is 17.7. The number of carbonyl (C=O) groups excluding carboxylic acids is 1. The van der Waals surface area contributed by atoms with Crippen molar-refractivity contribution in [2.75, 3.05) is 13.7 Å². The molecule has 1 aliphatic rings. The second-order valence-electron chi connectivity index (χ2n) is 7.90. The van der Waals surface area contributed by atoms with Crippen molar-refractivity contribution in [3.63, 3.8) is 0 Å². The molecule has 2 aromatic carbocycles. The summed E-state index contributed by atoms with van der Waals surface area (Å²) in [6.45, 7) is 2.72. The highest BCUT2D eigenvalue weighted by Crippen LogP contribution is 2.30. The van der Waals surface area contributed by atoms with Crippen molar-refractivity contribution in [3.05, 3.63) is 93.3 Å². The van der Waals surface area contributed by atoms with E-state index in [1.54, 1.807) is 42.5 Å². The fourth-order valence-electron chi connectivity index (χ4n) is 4.19. The van der Waals surface area contributed by atoms with E-state index in [2.05, 4.69) is 0 Å². The molecule has 0 atom stereocenters. The van der Waals surface area contributed by atoms with Gasteiger partial charge in [0.25, 0.3) is 11.5 Å². The number of aryl methyl sites for hydroxylation is 1. The molecular weight excluding hydrogens is 411 g/mol. The molecule has 0 unspecified atom stereocenters. The monoisotopic (exact) mass is 432 g/mol. The van der Waals surface area contributed by atoms with E-state index in [9.17, 15) is 14.0 Å². The fraction of sp³-hybridized carbons (Fsp3) is 0.200. The predicted octanol–water partition coefficient (Wildman–Crippen LogP) is 4.24. The lowest BCUT2D eigenvalue weighted by molar-refractivity contribution is 0.0703. The standard InChI is InChI=1S/C25H21FN2O4/c1-15-21-8-7-20(31-2)12-22(21)32-24(15)25(30)27-10-9-16-11-23(29)28(14-17(16)13-27)19-5-3-18(26)4-6-19/h3-8,11-12,14H,9-10,13H2,1-2H3. The largest absolute Gasteiger partial charge is 0.497 e. The summed E-state index contributed by atoms with van der Waals surface area (Å²) in [4.78, 5) is 27.6. The summed E-state index contributed by atoms with van der Waals surface area (Å²) in [6, 6.07) is 12.8. The SMILES string of the molecule is COc1ccc2c(C)c(C(=O)N3CCc4cc(=O)n(-c5ccc(F)cc5)cc4C3)oc2c1. The second-order valence-corrected chi connectivity index (χ2v) is 7.90. The van der Waals surface area contributed by atoms with Crippen molar-refractivity contribution in [2.45, 2.75) is 19.9 Å². The van der Waals surface area contributed by atoms with Gasteiger partial charge in [0.15, 0.2) is 5.76 Å². The number of pyridine rings is 1. The van der Waals surface area contributed by atoms with Gasteiger partial charge in [-0.05, 0) is 60.9 Å². The third-order valence-corrected chi connectivity index (χ3v) is 5.98. The van der Waals surface area contributed by atoms with Gasteiger partial charge in [0.2, 0.25) is 0 Å². The Morgan fingerprint density at radius 3 is 2.62 bits per heavy atom. The molecule has 32 heavy (non-hydrogen) atoms. The first-order chi connectivity index (χ1) is 15.4. The van der Waals surface area contributed by atoms with Gasteiger partial charge in [0, 0.05) is 48.1 Å². The Morgan fingerprint density at radius 1 is 1.09 bits per heavy atom. The molecule has 0 fully saturated rings. The van der Waals surface area contributed by atoms with Crippen LogP contribution in [0.4, 0.5) is 4.39 Å². The summed E-state index contributed by atoms with van der Waals surface area (Å²) in [7, 11) is 1.58. The molecule has 3 heterocycles. The Kier molecular flexibility index (Phi) is 4.81. The number of halogens is 1. The van der Waals surface area contributed by atoms with Crippen LogP contribution < -0.4 is 10.3 Å². The van der Waals surface area contributed by atoms with Gasteiger partial charge < -0.3 is 14.1 Å². The van der Waals surface area contributed by atoms with E-state index >= 15 is 0 Å². The molecule has 162 valence electrons. The van der Waals surface area contributed by atoms with Crippen LogP contribution in [0.25, 0.3) is 16.7 Å². The van der Waals surface area contributed by atoms with Crippen molar-refractivity contribution in [1.82, 2.24) is 9.47 Å². The van der Waals surface area contributed by atoms with Crippen molar-refractivity contribution in [2.24, 2.45) is 0 Å². The zero-order valence-electron chi connectivity index (χ0n) is 17.7. The molecule has 0 N–H and O–H groups in total. The van der Waals surface area contributed by atoms with E-state index in [4.69, 9.17) is 9.15 Å². The minimum atomic E-state index is -0.365. The Balaban J connectivity index is 1.47. The van der Waals surface area contributed by atoms with E-state index in [0.29, 0.717) is 42.3 Å². The number of ether oxygens (including phenoxy) is 1. The Bertz CT molecular complexity index is 1400. The number of hydrogen-bond donors (Lipinski definition) is 0. The van der Waals surface area contributed by atoms with Gasteiger partial charge in [0.05, 0.1) is 7.11 Å². The van der Waals surface area contributed by atoms with Gasteiger partial charge in [-0.2, -0.15) is 0 Å². The molecule has 0 bridgehead atoms. The molecule has 4 aromatic rings. The number of hydrogen-bond acceptors (Lipinski definition) is 4. The van der Waals surface area contributed by atoms with E-state index < -0.39 is 0 Å². The number of aromatic nitrogens is 1. The van der Waals surface area contributed by atoms with Crippen LogP contribution in [0, 0.1) is 12.7 Å². The maximum absolute atomic E-state index is 13.3. The number of carbonyl (C=O) groups is 1. The number of methoxy groups -OCH3 is 1. The van der Waals surface area contributed by atoms with Crippen LogP contribution in [-0.2, 0) is 13.0 Å². The van der Waals surface area contributed by atoms with E-state index in [1.807, 2.05) is 19.1 Å². The molecule has 5 rings (SSSR count). The van der Waals surface area contributed by atoms with Gasteiger partial charge in [0.1, 0.15) is 17.1 Å². The quantitative estimate of drug-likeness (QED) is 0.486. The summed E-state index contributed by atoms with van der Waals surface area (Å²) >= 11 is 0. The number of fused-ring (bicyclic) bond motifs is 2. The molecule has 0 saturated carbocycles. The predicted molar refractivity (Wildman–Crippen MR) is 118 cm³/mol. The first kappa shape index (κ1) is 20.1. The lowest BCUT2D eigenvalue weighted by Crippen LogP contribution is -2.37. The molecule has 1 amide bonds. The Labute approximate surface area is 183 Å². The molecule has 6 nitrogen and oxygen atoms in total. The Morgan fingerprint density at radius 2 is 1.88 bits per heavy atom. The van der Waals surface area contributed by atoms with Gasteiger partial charge >= 0.3 is 0 Å². The average molecular weight is 432 g/mol. The number of amides is 1. The maximum Gasteiger partial charge on any atom is 0.290 e. The first-order valence-corrected chi connectivity index (χ1v) is 10.3. The first-order valence-electron chi connectivity index (χ1n) is 10.3. The van der Waals surface area contributed by atoms with Crippen LogP contribution in [0.2, 0.25) is 0 Å². The molecule has 7 heteroatoms. The Hall–Kier alpha value is -3.87. The summed E-state index contributed by atoms with van der Waals surface area (Å²) in [6.07, 6.45) is 2.31. The van der Waals surface area contributed by atoms with Gasteiger partial charge in [-0.1, -0.05) is 0 Å². The van der Waals surface area contributed by atoms with Gasteiger partial charge in [-0.15, -0.1) is 0 Å². The second kappa shape index (κ2) is 7.67. The van der Waals surface area contributed by atoms with Crippen LogP contribution in [0.1, 0.15) is 27.2 Å². The number of nitrogens with zero attached hydrogens (tertiary/aromatic N) is 2. The van der Waals surface area contributed by atoms with E-state index in [1.165, 1.54) is 16.7 Å². The minimum Gasteiger partial charge on any atom is -0.497 e. The third kappa shape index (κ3) is 3.36. The van der Waals surface area contributed by atoms with E-state index in [0.717, 1.165) is 22.1 Å². The average Bonchev–Trinajstić information content (AvgIpc) is 3.14. The van der Waals surface area contributed by atoms with Crippen molar-refractivity contribution >= 4 is 16.9 Å². The minimum absolute atomic E-state index is 0.183. The molecule has 2 aromatic heterocycles. The van der Waals surface area contributed by atoms with Gasteiger partial charge in [-0.3, -0.25) is 14.2 Å². The normalized spacial score (nSPS) is 13.3. The summed E-state index contributed by atoms with van der Waals surface area (Å²) in [5, 5.41) is 0.872. The third-order valence-electron chi connectivity index (χ3n) is 5.98. The molecule has 0 saturated heterocycles. The zero-order chi connectivity index (χ0) is 22.4. The number of benzene rings is 2. The highest BCUT2D eigenvalue weighted by atomic mass is 19.1. The summed E-state index contributed by atoms with van der Waals surface area (Å²) < 4.78 is 25.9. The topological polar surface area (TPSA) is 64.7 Å². The molecule has 1 aliphatic heterocycles. The molecule has 0 spiro atoms. The highest BCUT2D eigenvalue weighted by Gasteiger charge is 2.27. The van der Waals surface area contributed by atoms with Crippen LogP contribution in [0.5, 0.6) is 5.75 Å². The van der Waals surface area contributed by atoms with Crippen LogP contribution in [0.3, 0.4) is 0 Å². The van der Waals surface area contributed by atoms with Crippen LogP contribution >= 0.6 is 0 Å². The molecular formula is C25H21FN2O4. The highest BCUT2D eigenvalue weighted by molar-refractivity contribution is 5.99. The maximum atomic E-state index is 13.3. The lowest BCUT2D eigenvalue weighted by Gasteiger charge is -2.28. The smallest absolute Gasteiger partial charge is 0.290 e. The van der Waals surface area contributed by atoms with Crippen LogP contribution in [-0.4, -0.2) is 29.0 Å². The molecule has 0 radical (unpaired) electrons. The summed E-state index contributed by atoms with van der Waals surface area (Å²) in [5.41, 5.74) is 3.58. The van der Waals surface area contributed by atoms with Crippen molar-refractivity contribution < 1.29 is 18.3 Å². The fourth-order valence-corrected chi connectivity index (χ4v) is 4.19. The number of rotatable bonds is 3. The molecule has 0 aliphatic carbocycles. The van der Waals surface area contributed by atoms with Crippen LogP contribution in [0.15, 0.2) is 63.9 Å². The van der Waals surface area contributed by atoms with Crippen molar-refractivity contribution in [1.29, 1.82) is 0 Å². The van der Waals surface area contributed by atoms with Gasteiger partial charge in [-0.25, -0.2) is 4.39 Å². The van der Waals surface area contributed by atoms with Crippen molar-refractivity contribution in [3.8, 4) is 11.4 Å². The van der Waals surface area contributed by atoms with E-state index in [-0.39, 0.29) is 17.3 Å². The number of furan rings is 1. The summed E-state index contributed by atoms with van der Waals surface area (Å²) in [5.74, 6) is 0.415.